The highest BCUT2D eigenvalue weighted by molar-refractivity contribution is 5.92. The van der Waals surface area contributed by atoms with Gasteiger partial charge < -0.3 is 19.8 Å². The number of carbonyl (C=O) groups is 1. The molecule has 2 N–H and O–H groups in total. The van der Waals surface area contributed by atoms with E-state index in [-0.39, 0.29) is 22.8 Å². The Morgan fingerprint density at radius 2 is 2.05 bits per heavy atom. The number of aromatic amines is 1. The van der Waals surface area contributed by atoms with E-state index in [0.29, 0.717) is 19.8 Å². The van der Waals surface area contributed by atoms with Crippen LogP contribution in [0.25, 0.3) is 0 Å². The normalized spacial score (nSPS) is 10.2. The van der Waals surface area contributed by atoms with E-state index in [4.69, 9.17) is 9.47 Å². The minimum atomic E-state index is -0.358. The lowest BCUT2D eigenvalue weighted by molar-refractivity contribution is 0.0932. The van der Waals surface area contributed by atoms with Gasteiger partial charge in [-0.2, -0.15) is 0 Å². The molecule has 0 radical (unpaired) electrons. The second kappa shape index (κ2) is 7.99. The maximum absolute atomic E-state index is 11.9. The Morgan fingerprint density at radius 3 is 2.73 bits per heavy atom. The lowest BCUT2D eigenvalue weighted by Gasteiger charge is -2.07. The summed E-state index contributed by atoms with van der Waals surface area (Å²) in [6, 6.07) is 10.8. The third kappa shape index (κ3) is 4.46. The van der Waals surface area contributed by atoms with Crippen LogP contribution in [0, 0.1) is 0 Å². The molecular formula is C16H18N2O4. The Labute approximate surface area is 128 Å². The van der Waals surface area contributed by atoms with E-state index < -0.39 is 0 Å². The molecule has 0 unspecified atom stereocenters. The van der Waals surface area contributed by atoms with Gasteiger partial charge in [-0.1, -0.05) is 30.3 Å². The van der Waals surface area contributed by atoms with E-state index in [1.807, 2.05) is 30.3 Å². The molecular weight excluding hydrogens is 284 g/mol. The SMILES string of the molecule is COCCNC(=O)c1cc(=O)c(OCc2ccccc2)c[nH]1. The van der Waals surface area contributed by atoms with E-state index in [1.54, 1.807) is 7.11 Å². The van der Waals surface area contributed by atoms with Crippen LogP contribution in [0.1, 0.15) is 16.1 Å². The maximum Gasteiger partial charge on any atom is 0.267 e. The van der Waals surface area contributed by atoms with Gasteiger partial charge in [0.05, 0.1) is 6.61 Å². The third-order valence-electron chi connectivity index (χ3n) is 2.95. The van der Waals surface area contributed by atoms with Crippen molar-refractivity contribution in [3.8, 4) is 5.75 Å². The largest absolute Gasteiger partial charge is 0.483 e. The summed E-state index contributed by atoms with van der Waals surface area (Å²) in [5.74, 6) is -0.180. The van der Waals surface area contributed by atoms with Gasteiger partial charge in [-0.25, -0.2) is 0 Å². The van der Waals surface area contributed by atoms with E-state index in [0.717, 1.165) is 5.56 Å². The Balaban J connectivity index is 1.97. The highest BCUT2D eigenvalue weighted by Crippen LogP contribution is 2.07. The fourth-order valence-electron chi connectivity index (χ4n) is 1.80. The summed E-state index contributed by atoms with van der Waals surface area (Å²) in [5.41, 5.74) is 0.808. The molecule has 1 aromatic carbocycles. The first-order valence-electron chi connectivity index (χ1n) is 6.87. The summed E-state index contributed by atoms with van der Waals surface area (Å²) in [5, 5.41) is 2.63. The molecule has 1 aromatic heterocycles. The van der Waals surface area contributed by atoms with Gasteiger partial charge in [0.1, 0.15) is 12.3 Å². The van der Waals surface area contributed by atoms with Crippen molar-refractivity contribution in [2.24, 2.45) is 0 Å². The topological polar surface area (TPSA) is 80.4 Å². The van der Waals surface area contributed by atoms with Gasteiger partial charge in [0.15, 0.2) is 5.75 Å². The van der Waals surface area contributed by atoms with E-state index in [9.17, 15) is 9.59 Å². The lowest BCUT2D eigenvalue weighted by Crippen LogP contribution is -2.28. The molecule has 2 rings (SSSR count). The number of pyridine rings is 1. The average molecular weight is 302 g/mol. The highest BCUT2D eigenvalue weighted by atomic mass is 16.5. The number of hydrogen-bond donors (Lipinski definition) is 2. The molecule has 1 amide bonds. The number of hydrogen-bond acceptors (Lipinski definition) is 4. The van der Waals surface area contributed by atoms with E-state index in [2.05, 4.69) is 10.3 Å². The van der Waals surface area contributed by atoms with Crippen LogP contribution in [0.4, 0.5) is 0 Å². The van der Waals surface area contributed by atoms with Crippen molar-refractivity contribution in [2.75, 3.05) is 20.3 Å². The van der Waals surface area contributed by atoms with Crippen molar-refractivity contribution in [3.05, 3.63) is 64.1 Å². The average Bonchev–Trinajstić information content (AvgIpc) is 2.54. The summed E-state index contributed by atoms with van der Waals surface area (Å²) in [7, 11) is 1.55. The molecule has 6 heteroatoms. The van der Waals surface area contributed by atoms with Gasteiger partial charge in [0.25, 0.3) is 5.91 Å². The molecule has 2 aromatic rings. The molecule has 0 aliphatic rings. The third-order valence-corrected chi connectivity index (χ3v) is 2.95. The number of carbonyl (C=O) groups excluding carboxylic acids is 1. The number of methoxy groups -OCH3 is 1. The zero-order valence-corrected chi connectivity index (χ0v) is 12.3. The van der Waals surface area contributed by atoms with Crippen LogP contribution in [0.2, 0.25) is 0 Å². The Bertz CT molecular complexity index is 667. The number of benzene rings is 1. The molecule has 0 spiro atoms. The van der Waals surface area contributed by atoms with Crippen molar-refractivity contribution >= 4 is 5.91 Å². The van der Waals surface area contributed by atoms with Crippen LogP contribution in [-0.4, -0.2) is 31.2 Å². The van der Waals surface area contributed by atoms with Crippen LogP contribution in [0.5, 0.6) is 5.75 Å². The molecule has 116 valence electrons. The summed E-state index contributed by atoms with van der Waals surface area (Å²) in [4.78, 5) is 26.5. The molecule has 0 atom stereocenters. The molecule has 0 bridgehead atoms. The van der Waals surface area contributed by atoms with Crippen LogP contribution >= 0.6 is 0 Å². The zero-order valence-electron chi connectivity index (χ0n) is 12.3. The number of H-pyrrole nitrogens is 1. The number of aromatic nitrogens is 1. The van der Waals surface area contributed by atoms with Crippen LogP contribution in [0.3, 0.4) is 0 Å². The van der Waals surface area contributed by atoms with E-state index >= 15 is 0 Å². The van der Waals surface area contributed by atoms with Crippen LogP contribution in [-0.2, 0) is 11.3 Å². The predicted molar refractivity (Wildman–Crippen MR) is 82.0 cm³/mol. The first kappa shape index (κ1) is 15.8. The molecule has 22 heavy (non-hydrogen) atoms. The molecule has 6 nitrogen and oxygen atoms in total. The van der Waals surface area contributed by atoms with Gasteiger partial charge in [-0.05, 0) is 5.56 Å². The second-order valence-electron chi connectivity index (χ2n) is 4.60. The maximum atomic E-state index is 11.9. The van der Waals surface area contributed by atoms with Gasteiger partial charge in [0.2, 0.25) is 5.43 Å². The Morgan fingerprint density at radius 1 is 1.27 bits per heavy atom. The molecule has 0 aliphatic carbocycles. The quantitative estimate of drug-likeness (QED) is 0.756. The first-order chi connectivity index (χ1) is 10.7. The summed E-state index contributed by atoms with van der Waals surface area (Å²) in [6.07, 6.45) is 1.40. The van der Waals surface area contributed by atoms with Crippen LogP contribution < -0.4 is 15.5 Å². The van der Waals surface area contributed by atoms with Crippen molar-refractivity contribution in [1.82, 2.24) is 10.3 Å². The first-order valence-corrected chi connectivity index (χ1v) is 6.87. The monoisotopic (exact) mass is 302 g/mol. The summed E-state index contributed by atoms with van der Waals surface area (Å²) < 4.78 is 10.3. The summed E-state index contributed by atoms with van der Waals surface area (Å²) >= 11 is 0. The zero-order chi connectivity index (χ0) is 15.8. The fourth-order valence-corrected chi connectivity index (χ4v) is 1.80. The van der Waals surface area contributed by atoms with Gasteiger partial charge in [-0.3, -0.25) is 9.59 Å². The molecule has 0 saturated heterocycles. The smallest absolute Gasteiger partial charge is 0.267 e. The number of ether oxygens (including phenoxy) is 2. The van der Waals surface area contributed by atoms with Crippen molar-refractivity contribution in [3.63, 3.8) is 0 Å². The van der Waals surface area contributed by atoms with E-state index in [1.165, 1.54) is 12.3 Å². The number of amides is 1. The fraction of sp³-hybridized carbons (Fsp3) is 0.250. The number of rotatable bonds is 7. The van der Waals surface area contributed by atoms with Crippen molar-refractivity contribution in [2.45, 2.75) is 6.61 Å². The summed E-state index contributed by atoms with van der Waals surface area (Å²) in [6.45, 7) is 1.08. The minimum Gasteiger partial charge on any atom is -0.483 e. The van der Waals surface area contributed by atoms with Crippen LogP contribution in [0.15, 0.2) is 47.4 Å². The minimum absolute atomic E-state index is 0.178. The standard InChI is InChI=1S/C16H18N2O4/c1-21-8-7-17-16(20)13-9-14(19)15(10-18-13)22-11-12-5-3-2-4-6-12/h2-6,9-10H,7-8,11H2,1H3,(H,17,20)(H,18,19). The lowest BCUT2D eigenvalue weighted by atomic mass is 10.2. The molecule has 0 aliphatic heterocycles. The van der Waals surface area contributed by atoms with Crippen molar-refractivity contribution < 1.29 is 14.3 Å². The van der Waals surface area contributed by atoms with Gasteiger partial charge in [0, 0.05) is 25.9 Å². The number of nitrogens with one attached hydrogen (secondary N) is 2. The van der Waals surface area contributed by atoms with Crippen molar-refractivity contribution in [1.29, 1.82) is 0 Å². The van der Waals surface area contributed by atoms with Gasteiger partial charge >= 0.3 is 0 Å². The Hall–Kier alpha value is -2.60. The molecule has 0 saturated carbocycles. The molecule has 1 heterocycles. The predicted octanol–water partition coefficient (Wildman–Crippen LogP) is 1.33. The van der Waals surface area contributed by atoms with Gasteiger partial charge in [-0.15, -0.1) is 0 Å². The Kier molecular flexibility index (Phi) is 5.73. The molecule has 0 fully saturated rings. The second-order valence-corrected chi connectivity index (χ2v) is 4.60. The highest BCUT2D eigenvalue weighted by Gasteiger charge is 2.09.